The molecule has 0 radical (unpaired) electrons. The summed E-state index contributed by atoms with van der Waals surface area (Å²) in [5.41, 5.74) is 5.15. The SMILES string of the molecule is Cc1cc(C(=O)OCC(=O)c2ccc(-c3ccccc3)cc2)c(C)n1-c1ccc(F)cc1. The number of nitrogens with zero attached hydrogens (tertiary/aromatic N) is 1. The van der Waals surface area contributed by atoms with E-state index >= 15 is 0 Å². The van der Waals surface area contributed by atoms with Gasteiger partial charge in [-0.15, -0.1) is 0 Å². The van der Waals surface area contributed by atoms with Crippen molar-refractivity contribution >= 4 is 11.8 Å². The molecule has 0 spiro atoms. The molecule has 0 fully saturated rings. The maximum atomic E-state index is 13.2. The molecule has 0 bridgehead atoms. The minimum atomic E-state index is -0.569. The Balaban J connectivity index is 1.44. The van der Waals surface area contributed by atoms with Crippen LogP contribution in [-0.4, -0.2) is 22.9 Å². The van der Waals surface area contributed by atoms with E-state index in [-0.39, 0.29) is 18.2 Å². The molecule has 32 heavy (non-hydrogen) atoms. The topological polar surface area (TPSA) is 48.3 Å². The Bertz CT molecular complexity index is 1260. The average molecular weight is 427 g/mol. The Kier molecular flexibility index (Phi) is 5.99. The lowest BCUT2D eigenvalue weighted by Crippen LogP contribution is -2.15. The van der Waals surface area contributed by atoms with E-state index in [2.05, 4.69) is 0 Å². The number of aromatic nitrogens is 1. The van der Waals surface area contributed by atoms with Gasteiger partial charge in [0, 0.05) is 22.6 Å². The molecule has 160 valence electrons. The van der Waals surface area contributed by atoms with Crippen molar-refractivity contribution in [2.75, 3.05) is 6.61 Å². The fourth-order valence-corrected chi connectivity index (χ4v) is 3.73. The molecule has 4 aromatic rings. The van der Waals surface area contributed by atoms with Gasteiger partial charge in [0.1, 0.15) is 5.82 Å². The summed E-state index contributed by atoms with van der Waals surface area (Å²) in [6, 6.07) is 24.8. The first-order valence-electron chi connectivity index (χ1n) is 10.2. The molecule has 0 aliphatic carbocycles. The third kappa shape index (κ3) is 4.37. The minimum Gasteiger partial charge on any atom is -0.454 e. The van der Waals surface area contributed by atoms with Crippen LogP contribution in [0.15, 0.2) is 84.9 Å². The van der Waals surface area contributed by atoms with Gasteiger partial charge in [0.05, 0.1) is 5.56 Å². The zero-order valence-electron chi connectivity index (χ0n) is 17.8. The van der Waals surface area contributed by atoms with Crippen molar-refractivity contribution in [3.05, 3.63) is 113 Å². The number of carbonyl (C=O) groups is 2. The molecule has 0 saturated heterocycles. The van der Waals surface area contributed by atoms with Gasteiger partial charge in [0.25, 0.3) is 0 Å². The van der Waals surface area contributed by atoms with E-state index in [0.717, 1.165) is 22.5 Å². The Morgan fingerprint density at radius 3 is 2.12 bits per heavy atom. The third-order valence-corrected chi connectivity index (χ3v) is 5.38. The second-order valence-electron chi connectivity index (χ2n) is 7.54. The second-order valence-corrected chi connectivity index (χ2v) is 7.54. The average Bonchev–Trinajstić information content (AvgIpc) is 3.12. The minimum absolute atomic E-state index is 0.273. The predicted octanol–water partition coefficient (Wildman–Crippen LogP) is 5.94. The number of ether oxygens (including phenoxy) is 1. The van der Waals surface area contributed by atoms with Crippen LogP contribution in [0.5, 0.6) is 0 Å². The Morgan fingerprint density at radius 1 is 0.844 bits per heavy atom. The van der Waals surface area contributed by atoms with E-state index < -0.39 is 5.97 Å². The monoisotopic (exact) mass is 427 g/mol. The number of esters is 1. The van der Waals surface area contributed by atoms with E-state index in [1.807, 2.05) is 54.0 Å². The number of carbonyl (C=O) groups excluding carboxylic acids is 2. The largest absolute Gasteiger partial charge is 0.454 e. The normalized spacial score (nSPS) is 10.7. The van der Waals surface area contributed by atoms with Gasteiger partial charge in [-0.1, -0.05) is 54.6 Å². The smallest absolute Gasteiger partial charge is 0.340 e. The van der Waals surface area contributed by atoms with E-state index in [1.54, 1.807) is 37.3 Å². The lowest BCUT2D eigenvalue weighted by atomic mass is 10.0. The predicted molar refractivity (Wildman–Crippen MR) is 122 cm³/mol. The fourth-order valence-electron chi connectivity index (χ4n) is 3.73. The van der Waals surface area contributed by atoms with Crippen molar-refractivity contribution in [3.63, 3.8) is 0 Å². The van der Waals surface area contributed by atoms with Crippen LogP contribution < -0.4 is 0 Å². The highest BCUT2D eigenvalue weighted by molar-refractivity contribution is 6.00. The van der Waals surface area contributed by atoms with Gasteiger partial charge in [0.15, 0.2) is 12.4 Å². The second kappa shape index (κ2) is 9.02. The van der Waals surface area contributed by atoms with Crippen LogP contribution in [0.4, 0.5) is 4.39 Å². The van der Waals surface area contributed by atoms with Crippen LogP contribution in [-0.2, 0) is 4.74 Å². The summed E-state index contributed by atoms with van der Waals surface area (Å²) in [4.78, 5) is 25.2. The third-order valence-electron chi connectivity index (χ3n) is 5.38. The van der Waals surface area contributed by atoms with E-state index in [4.69, 9.17) is 4.74 Å². The zero-order valence-corrected chi connectivity index (χ0v) is 17.8. The maximum Gasteiger partial charge on any atom is 0.340 e. The summed E-state index contributed by atoms with van der Waals surface area (Å²) >= 11 is 0. The van der Waals surface area contributed by atoms with Crippen LogP contribution in [0.25, 0.3) is 16.8 Å². The van der Waals surface area contributed by atoms with Crippen LogP contribution in [0.3, 0.4) is 0 Å². The molecular weight excluding hydrogens is 405 g/mol. The summed E-state index contributed by atoms with van der Waals surface area (Å²) in [5.74, 6) is -1.17. The molecule has 0 amide bonds. The van der Waals surface area contributed by atoms with Crippen molar-refractivity contribution in [2.24, 2.45) is 0 Å². The molecule has 0 atom stereocenters. The molecule has 4 rings (SSSR count). The number of halogens is 1. The summed E-state index contributed by atoms with van der Waals surface area (Å²) in [5, 5.41) is 0. The first kappa shape index (κ1) is 21.2. The zero-order chi connectivity index (χ0) is 22.7. The summed E-state index contributed by atoms with van der Waals surface area (Å²) in [6.07, 6.45) is 0. The van der Waals surface area contributed by atoms with Gasteiger partial charge in [-0.2, -0.15) is 0 Å². The van der Waals surface area contributed by atoms with Crippen molar-refractivity contribution in [3.8, 4) is 16.8 Å². The summed E-state index contributed by atoms with van der Waals surface area (Å²) < 4.78 is 20.4. The van der Waals surface area contributed by atoms with Crippen molar-refractivity contribution in [1.29, 1.82) is 0 Å². The molecule has 3 aromatic carbocycles. The molecule has 0 aliphatic rings. The number of hydrogen-bond donors (Lipinski definition) is 0. The number of benzene rings is 3. The Morgan fingerprint density at radius 2 is 1.47 bits per heavy atom. The Hall–Kier alpha value is -3.99. The molecular formula is C27H22FNO3. The molecule has 1 aromatic heterocycles. The van der Waals surface area contributed by atoms with E-state index in [1.165, 1.54) is 12.1 Å². The number of ketones is 1. The number of aryl methyl sites for hydroxylation is 1. The number of rotatable bonds is 6. The van der Waals surface area contributed by atoms with Crippen LogP contribution in [0, 0.1) is 19.7 Å². The maximum absolute atomic E-state index is 13.2. The van der Waals surface area contributed by atoms with E-state index in [9.17, 15) is 14.0 Å². The van der Waals surface area contributed by atoms with Crippen LogP contribution >= 0.6 is 0 Å². The molecule has 4 nitrogen and oxygen atoms in total. The molecule has 0 unspecified atom stereocenters. The first-order chi connectivity index (χ1) is 15.4. The van der Waals surface area contributed by atoms with Gasteiger partial charge >= 0.3 is 5.97 Å². The van der Waals surface area contributed by atoms with Gasteiger partial charge in [-0.25, -0.2) is 9.18 Å². The highest BCUT2D eigenvalue weighted by Gasteiger charge is 2.19. The standard InChI is InChI=1S/C27H22FNO3/c1-18-16-25(19(2)29(18)24-14-12-23(28)13-15-24)27(31)32-17-26(30)22-10-8-21(9-11-22)20-6-4-3-5-7-20/h3-16H,17H2,1-2H3. The fraction of sp³-hybridized carbons (Fsp3) is 0.111. The van der Waals surface area contributed by atoms with Crippen molar-refractivity contribution < 1.29 is 18.7 Å². The first-order valence-corrected chi connectivity index (χ1v) is 10.2. The summed E-state index contributed by atoms with van der Waals surface area (Å²) in [6.45, 7) is 3.30. The van der Waals surface area contributed by atoms with Gasteiger partial charge in [0.2, 0.25) is 0 Å². The lowest BCUT2D eigenvalue weighted by molar-refractivity contribution is 0.0474. The van der Waals surface area contributed by atoms with Gasteiger partial charge in [-0.3, -0.25) is 4.79 Å². The molecule has 5 heteroatoms. The van der Waals surface area contributed by atoms with Crippen LogP contribution in [0.1, 0.15) is 32.1 Å². The molecule has 0 N–H and O–H groups in total. The highest BCUT2D eigenvalue weighted by atomic mass is 19.1. The molecule has 0 saturated carbocycles. The molecule has 0 aliphatic heterocycles. The molecule has 1 heterocycles. The Labute approximate surface area is 185 Å². The lowest BCUT2D eigenvalue weighted by Gasteiger charge is -2.10. The van der Waals surface area contributed by atoms with Gasteiger partial charge in [-0.05, 0) is 55.3 Å². The van der Waals surface area contributed by atoms with Gasteiger partial charge < -0.3 is 9.30 Å². The number of Topliss-reactive ketones (excluding diaryl/α,β-unsaturated/α-hetero) is 1. The van der Waals surface area contributed by atoms with E-state index in [0.29, 0.717) is 16.8 Å². The van der Waals surface area contributed by atoms with Crippen molar-refractivity contribution in [1.82, 2.24) is 4.57 Å². The quantitative estimate of drug-likeness (QED) is 0.283. The highest BCUT2D eigenvalue weighted by Crippen LogP contribution is 2.22. The summed E-state index contributed by atoms with van der Waals surface area (Å²) in [7, 11) is 0. The number of hydrogen-bond acceptors (Lipinski definition) is 3. The van der Waals surface area contributed by atoms with Crippen LogP contribution in [0.2, 0.25) is 0 Å². The van der Waals surface area contributed by atoms with Crippen molar-refractivity contribution in [2.45, 2.75) is 13.8 Å².